The molecule has 0 aliphatic heterocycles. The van der Waals surface area contributed by atoms with Crippen molar-refractivity contribution in [2.75, 3.05) is 24.4 Å². The lowest BCUT2D eigenvalue weighted by Crippen LogP contribution is -2.23. The number of hydrogen-bond acceptors (Lipinski definition) is 5. The van der Waals surface area contributed by atoms with E-state index >= 15 is 0 Å². The van der Waals surface area contributed by atoms with Gasteiger partial charge in [-0.05, 0) is 6.92 Å². The molecule has 0 aliphatic carbocycles. The average molecular weight is 264 g/mol. The minimum absolute atomic E-state index is 0.0166. The van der Waals surface area contributed by atoms with E-state index in [1.165, 1.54) is 13.3 Å². The molecule has 0 saturated heterocycles. The van der Waals surface area contributed by atoms with Gasteiger partial charge in [-0.3, -0.25) is 4.21 Å². The van der Waals surface area contributed by atoms with Crippen LogP contribution in [0.5, 0.6) is 6.01 Å². The van der Waals surface area contributed by atoms with Crippen molar-refractivity contribution in [3.05, 3.63) is 11.2 Å². The summed E-state index contributed by atoms with van der Waals surface area (Å²) in [5.41, 5.74) is 0. The second kappa shape index (κ2) is 6.00. The topological polar surface area (TPSA) is 64.1 Å². The Labute approximate surface area is 102 Å². The molecule has 0 fully saturated rings. The molecule has 1 aromatic heterocycles. The standard InChI is InChI=1S/C9H14ClN3O2S/c1-6(5-16(3)14)12-8-7(10)4-11-9(13-8)15-2/h4,6H,5H2,1-3H3,(H,11,12,13). The summed E-state index contributed by atoms with van der Waals surface area (Å²) in [6.07, 6.45) is 3.12. The summed E-state index contributed by atoms with van der Waals surface area (Å²) < 4.78 is 15.9. The molecule has 2 atom stereocenters. The van der Waals surface area contributed by atoms with E-state index in [1.54, 1.807) is 6.26 Å². The highest BCUT2D eigenvalue weighted by Crippen LogP contribution is 2.20. The van der Waals surface area contributed by atoms with Crippen molar-refractivity contribution in [3.63, 3.8) is 0 Å². The van der Waals surface area contributed by atoms with Crippen LogP contribution in [0.3, 0.4) is 0 Å². The first kappa shape index (κ1) is 13.2. The van der Waals surface area contributed by atoms with Crippen LogP contribution in [0.4, 0.5) is 5.82 Å². The van der Waals surface area contributed by atoms with Crippen molar-refractivity contribution in [1.82, 2.24) is 9.97 Å². The van der Waals surface area contributed by atoms with Gasteiger partial charge < -0.3 is 10.1 Å². The van der Waals surface area contributed by atoms with E-state index in [0.717, 1.165) is 0 Å². The Kier molecular flexibility index (Phi) is 4.95. The van der Waals surface area contributed by atoms with Gasteiger partial charge in [0.1, 0.15) is 5.02 Å². The van der Waals surface area contributed by atoms with Crippen molar-refractivity contribution < 1.29 is 8.95 Å². The largest absolute Gasteiger partial charge is 0.467 e. The molecule has 2 unspecified atom stereocenters. The molecular formula is C9H14ClN3O2S. The maximum absolute atomic E-state index is 11.0. The molecule has 0 aromatic carbocycles. The molecule has 7 heteroatoms. The highest BCUT2D eigenvalue weighted by atomic mass is 35.5. The Balaban J connectivity index is 2.75. The van der Waals surface area contributed by atoms with E-state index in [2.05, 4.69) is 15.3 Å². The van der Waals surface area contributed by atoms with Crippen LogP contribution in [0.25, 0.3) is 0 Å². The minimum atomic E-state index is -0.863. The fourth-order valence-corrected chi connectivity index (χ4v) is 2.11. The van der Waals surface area contributed by atoms with E-state index in [0.29, 0.717) is 16.6 Å². The first-order chi connectivity index (χ1) is 7.52. The normalized spacial score (nSPS) is 14.2. The van der Waals surface area contributed by atoms with E-state index in [1.807, 2.05) is 6.92 Å². The highest BCUT2D eigenvalue weighted by molar-refractivity contribution is 7.84. The zero-order valence-corrected chi connectivity index (χ0v) is 10.9. The van der Waals surface area contributed by atoms with Gasteiger partial charge in [-0.2, -0.15) is 4.98 Å². The molecule has 0 radical (unpaired) electrons. The maximum atomic E-state index is 11.0. The van der Waals surface area contributed by atoms with Crippen LogP contribution in [-0.2, 0) is 10.8 Å². The van der Waals surface area contributed by atoms with Crippen LogP contribution < -0.4 is 10.1 Å². The molecule has 0 saturated carbocycles. The van der Waals surface area contributed by atoms with E-state index in [4.69, 9.17) is 16.3 Å². The Hall–Kier alpha value is -0.880. The van der Waals surface area contributed by atoms with Crippen molar-refractivity contribution in [2.24, 2.45) is 0 Å². The number of anilines is 1. The molecular weight excluding hydrogens is 250 g/mol. The number of rotatable bonds is 5. The number of halogens is 1. The van der Waals surface area contributed by atoms with Crippen LogP contribution in [0.1, 0.15) is 6.92 Å². The van der Waals surface area contributed by atoms with Gasteiger partial charge in [0.05, 0.1) is 13.3 Å². The van der Waals surface area contributed by atoms with Crippen LogP contribution in [0.2, 0.25) is 5.02 Å². The fourth-order valence-electron chi connectivity index (χ4n) is 1.18. The first-order valence-electron chi connectivity index (χ1n) is 4.66. The summed E-state index contributed by atoms with van der Waals surface area (Å²) in [6, 6.07) is 0.264. The van der Waals surface area contributed by atoms with Gasteiger partial charge in [0.15, 0.2) is 5.82 Å². The predicted octanol–water partition coefficient (Wildman–Crippen LogP) is 1.32. The van der Waals surface area contributed by atoms with Crippen molar-refractivity contribution >= 4 is 28.2 Å². The molecule has 0 bridgehead atoms. The fraction of sp³-hybridized carbons (Fsp3) is 0.556. The number of nitrogens with zero attached hydrogens (tertiary/aromatic N) is 2. The maximum Gasteiger partial charge on any atom is 0.318 e. The highest BCUT2D eigenvalue weighted by Gasteiger charge is 2.10. The van der Waals surface area contributed by atoms with Gasteiger partial charge in [-0.25, -0.2) is 4.98 Å². The molecule has 90 valence electrons. The zero-order chi connectivity index (χ0) is 12.1. The van der Waals surface area contributed by atoms with Gasteiger partial charge in [-0.1, -0.05) is 11.6 Å². The van der Waals surface area contributed by atoms with Crippen LogP contribution in [-0.4, -0.2) is 39.3 Å². The van der Waals surface area contributed by atoms with Gasteiger partial charge >= 0.3 is 6.01 Å². The third-order valence-electron chi connectivity index (χ3n) is 1.77. The smallest absolute Gasteiger partial charge is 0.318 e. The summed E-state index contributed by atoms with van der Waals surface area (Å²) in [5.74, 6) is 1.02. The van der Waals surface area contributed by atoms with Gasteiger partial charge in [-0.15, -0.1) is 0 Å². The van der Waals surface area contributed by atoms with Crippen LogP contribution >= 0.6 is 11.6 Å². The predicted molar refractivity (Wildman–Crippen MR) is 65.6 cm³/mol. The Bertz CT molecular complexity index is 389. The molecule has 16 heavy (non-hydrogen) atoms. The molecule has 1 heterocycles. The van der Waals surface area contributed by atoms with E-state index in [9.17, 15) is 4.21 Å². The molecule has 0 spiro atoms. The minimum Gasteiger partial charge on any atom is -0.467 e. The van der Waals surface area contributed by atoms with E-state index < -0.39 is 10.8 Å². The van der Waals surface area contributed by atoms with E-state index in [-0.39, 0.29) is 12.1 Å². The molecule has 0 amide bonds. The third kappa shape index (κ3) is 3.94. The zero-order valence-electron chi connectivity index (χ0n) is 9.36. The molecule has 1 N–H and O–H groups in total. The molecule has 1 rings (SSSR count). The lowest BCUT2D eigenvalue weighted by Gasteiger charge is -2.14. The first-order valence-corrected chi connectivity index (χ1v) is 6.76. The Morgan fingerprint density at radius 1 is 1.69 bits per heavy atom. The average Bonchev–Trinajstić information content (AvgIpc) is 2.20. The molecule has 5 nitrogen and oxygen atoms in total. The van der Waals surface area contributed by atoms with Crippen molar-refractivity contribution in [2.45, 2.75) is 13.0 Å². The van der Waals surface area contributed by atoms with Gasteiger partial charge in [0.25, 0.3) is 0 Å². The Morgan fingerprint density at radius 2 is 2.38 bits per heavy atom. The van der Waals surface area contributed by atoms with Crippen molar-refractivity contribution in [1.29, 1.82) is 0 Å². The second-order valence-corrected chi connectivity index (χ2v) is 5.23. The summed E-state index contributed by atoms with van der Waals surface area (Å²) >= 11 is 5.91. The lowest BCUT2D eigenvalue weighted by atomic mass is 10.4. The quantitative estimate of drug-likeness (QED) is 0.868. The lowest BCUT2D eigenvalue weighted by molar-refractivity contribution is 0.380. The number of nitrogens with one attached hydrogen (secondary N) is 1. The van der Waals surface area contributed by atoms with Crippen LogP contribution in [0, 0.1) is 0 Å². The third-order valence-corrected chi connectivity index (χ3v) is 3.02. The number of ether oxygens (including phenoxy) is 1. The second-order valence-electron chi connectivity index (χ2n) is 3.34. The monoisotopic (exact) mass is 263 g/mol. The summed E-state index contributed by atoms with van der Waals surface area (Å²) in [4.78, 5) is 7.92. The van der Waals surface area contributed by atoms with Crippen molar-refractivity contribution in [3.8, 4) is 6.01 Å². The number of hydrogen-bond donors (Lipinski definition) is 1. The summed E-state index contributed by atoms with van der Waals surface area (Å²) in [7, 11) is 0.620. The van der Waals surface area contributed by atoms with Gasteiger partial charge in [0, 0.05) is 28.9 Å². The SMILES string of the molecule is COc1ncc(Cl)c(NC(C)CS(C)=O)n1. The number of methoxy groups -OCH3 is 1. The molecule has 0 aliphatic rings. The van der Waals surface area contributed by atoms with Gasteiger partial charge in [0.2, 0.25) is 0 Å². The summed E-state index contributed by atoms with van der Waals surface area (Å²) in [5, 5.41) is 3.47. The Morgan fingerprint density at radius 3 is 2.94 bits per heavy atom. The molecule has 1 aromatic rings. The summed E-state index contributed by atoms with van der Waals surface area (Å²) in [6.45, 7) is 1.91. The number of aromatic nitrogens is 2. The van der Waals surface area contributed by atoms with Crippen LogP contribution in [0.15, 0.2) is 6.20 Å².